The molecule has 4 nitrogen and oxygen atoms in total. The van der Waals surface area contributed by atoms with E-state index in [2.05, 4.69) is 162 Å². The summed E-state index contributed by atoms with van der Waals surface area (Å²) in [6.45, 7) is 0. The smallest absolute Gasteiger partial charge is 0.164 e. The minimum atomic E-state index is -0.443. The molecule has 0 saturated heterocycles. The van der Waals surface area contributed by atoms with Crippen molar-refractivity contribution in [1.29, 1.82) is 0 Å². The van der Waals surface area contributed by atoms with Crippen LogP contribution in [0, 0.1) is 0 Å². The molecule has 0 N–H and O–H groups in total. The number of aromatic nitrogens is 4. The second kappa shape index (κ2) is 11.7. The Bertz CT molecular complexity index is 3390. The highest BCUT2D eigenvalue weighted by Gasteiger charge is 2.51. The van der Waals surface area contributed by atoms with Crippen LogP contribution in [0.3, 0.4) is 0 Å². The van der Waals surface area contributed by atoms with Crippen molar-refractivity contribution in [3.63, 3.8) is 0 Å². The molecular weight excluding hydrogens is 705 g/mol. The Labute approximate surface area is 334 Å². The summed E-state index contributed by atoms with van der Waals surface area (Å²) in [6, 6.07) is 70.1. The fourth-order valence-corrected chi connectivity index (χ4v) is 10.4. The van der Waals surface area contributed by atoms with E-state index in [0.29, 0.717) is 17.5 Å². The predicted octanol–water partition coefficient (Wildman–Crippen LogP) is 13.0. The first-order chi connectivity index (χ1) is 28.8. The Balaban J connectivity index is 1.11. The lowest BCUT2D eigenvalue weighted by Crippen LogP contribution is -2.26. The number of rotatable bonds is 4. The highest BCUT2D eigenvalue weighted by molar-refractivity contribution is 6.19. The Hall–Kier alpha value is -7.69. The number of benzene rings is 9. The largest absolute Gasteiger partial charge is 0.309 e. The van der Waals surface area contributed by atoms with Crippen molar-refractivity contribution < 1.29 is 0 Å². The van der Waals surface area contributed by atoms with Crippen molar-refractivity contribution in [2.75, 3.05) is 0 Å². The van der Waals surface area contributed by atoms with Gasteiger partial charge in [-0.2, -0.15) is 0 Å². The average molecular weight is 737 g/mol. The molecule has 0 atom stereocenters. The number of hydrogen-bond acceptors (Lipinski definition) is 3. The molecule has 0 unspecified atom stereocenters. The Morgan fingerprint density at radius 3 is 1.57 bits per heavy atom. The molecule has 2 aromatic heterocycles. The minimum Gasteiger partial charge on any atom is -0.309 e. The second-order valence-electron chi connectivity index (χ2n) is 15.5. The van der Waals surface area contributed by atoms with Crippen LogP contribution in [0.4, 0.5) is 0 Å². The molecule has 0 bridgehead atoms. The van der Waals surface area contributed by atoms with E-state index in [4.69, 9.17) is 15.0 Å². The fourth-order valence-electron chi connectivity index (χ4n) is 10.4. The van der Waals surface area contributed by atoms with Gasteiger partial charge < -0.3 is 4.57 Å². The Morgan fingerprint density at radius 2 is 0.862 bits per heavy atom. The zero-order chi connectivity index (χ0) is 38.0. The van der Waals surface area contributed by atoms with E-state index in [1.54, 1.807) is 0 Å². The molecule has 0 amide bonds. The van der Waals surface area contributed by atoms with Gasteiger partial charge in [0.25, 0.3) is 0 Å². The van der Waals surface area contributed by atoms with Gasteiger partial charge in [0.15, 0.2) is 17.5 Å². The van der Waals surface area contributed by atoms with E-state index in [-0.39, 0.29) is 0 Å². The molecule has 0 fully saturated rings. The van der Waals surface area contributed by atoms with Gasteiger partial charge >= 0.3 is 0 Å². The van der Waals surface area contributed by atoms with Gasteiger partial charge in [-0.1, -0.05) is 176 Å². The van der Waals surface area contributed by atoms with Crippen LogP contribution >= 0.6 is 0 Å². The molecule has 2 aliphatic rings. The van der Waals surface area contributed by atoms with E-state index < -0.39 is 5.41 Å². The highest BCUT2D eigenvalue weighted by Crippen LogP contribution is 2.63. The predicted molar refractivity (Wildman–Crippen MR) is 236 cm³/mol. The maximum atomic E-state index is 5.20. The zero-order valence-corrected chi connectivity index (χ0v) is 31.3. The first-order valence-corrected chi connectivity index (χ1v) is 19.9. The maximum Gasteiger partial charge on any atom is 0.164 e. The molecule has 11 aromatic rings. The van der Waals surface area contributed by atoms with Crippen LogP contribution in [0.25, 0.3) is 94.3 Å². The van der Waals surface area contributed by atoms with Crippen LogP contribution in [-0.4, -0.2) is 19.5 Å². The molecule has 9 aromatic carbocycles. The number of nitrogens with zero attached hydrogens (tertiary/aromatic N) is 4. The molecule has 1 spiro atoms. The average Bonchev–Trinajstić information content (AvgIpc) is 3.91. The molecule has 268 valence electrons. The third kappa shape index (κ3) is 4.05. The summed E-state index contributed by atoms with van der Waals surface area (Å²) in [4.78, 5) is 15.4. The Kier molecular flexibility index (Phi) is 6.34. The van der Waals surface area contributed by atoms with Crippen molar-refractivity contribution in [3.05, 3.63) is 216 Å². The van der Waals surface area contributed by atoms with E-state index >= 15 is 0 Å². The van der Waals surface area contributed by atoms with Gasteiger partial charge in [-0.3, -0.25) is 0 Å². The van der Waals surface area contributed by atoms with Crippen molar-refractivity contribution in [2.45, 2.75) is 5.41 Å². The Morgan fingerprint density at radius 1 is 0.345 bits per heavy atom. The molecule has 0 saturated carbocycles. The van der Waals surface area contributed by atoms with E-state index in [1.807, 2.05) is 36.4 Å². The molecule has 2 aliphatic carbocycles. The van der Waals surface area contributed by atoms with Gasteiger partial charge in [0, 0.05) is 33.0 Å². The zero-order valence-electron chi connectivity index (χ0n) is 31.3. The molecule has 0 aliphatic heterocycles. The lowest BCUT2D eigenvalue weighted by Gasteiger charge is -2.31. The van der Waals surface area contributed by atoms with Gasteiger partial charge in [-0.05, 0) is 67.6 Å². The molecule has 2 heterocycles. The molecule has 0 radical (unpaired) electrons. The van der Waals surface area contributed by atoms with Crippen molar-refractivity contribution >= 4 is 43.4 Å². The number of fused-ring (bicyclic) bond motifs is 10. The summed E-state index contributed by atoms with van der Waals surface area (Å²) in [5.41, 5.74) is 13.8. The van der Waals surface area contributed by atoms with Crippen LogP contribution in [-0.2, 0) is 5.41 Å². The van der Waals surface area contributed by atoms with Crippen LogP contribution in [0.5, 0.6) is 0 Å². The molecule has 4 heteroatoms. The van der Waals surface area contributed by atoms with Crippen molar-refractivity contribution in [2.24, 2.45) is 0 Å². The minimum absolute atomic E-state index is 0.443. The van der Waals surface area contributed by atoms with E-state index in [1.165, 1.54) is 54.9 Å². The monoisotopic (exact) mass is 736 g/mol. The third-order valence-electron chi connectivity index (χ3n) is 12.6. The van der Waals surface area contributed by atoms with Gasteiger partial charge in [0.2, 0.25) is 0 Å². The summed E-state index contributed by atoms with van der Waals surface area (Å²) >= 11 is 0. The van der Waals surface area contributed by atoms with Crippen LogP contribution < -0.4 is 0 Å². The molecular formula is C54H32N4. The van der Waals surface area contributed by atoms with Gasteiger partial charge in [-0.15, -0.1) is 0 Å². The third-order valence-corrected chi connectivity index (χ3v) is 12.6. The highest BCUT2D eigenvalue weighted by atomic mass is 15.0. The first kappa shape index (κ1) is 31.5. The topological polar surface area (TPSA) is 43.6 Å². The molecule has 13 rings (SSSR count). The van der Waals surface area contributed by atoms with Gasteiger partial charge in [0.1, 0.15) is 0 Å². The molecule has 58 heavy (non-hydrogen) atoms. The summed E-state index contributed by atoms with van der Waals surface area (Å²) in [7, 11) is 0. The normalized spacial score (nSPS) is 13.3. The number of hydrogen-bond donors (Lipinski definition) is 0. The summed E-state index contributed by atoms with van der Waals surface area (Å²) in [5, 5.41) is 7.58. The second-order valence-corrected chi connectivity index (χ2v) is 15.5. The van der Waals surface area contributed by atoms with Gasteiger partial charge in [-0.25, -0.2) is 15.0 Å². The standard InChI is InChI=1S/C54H32N4/c1-3-15-35(16-4-1)51-55-52(36-17-5-2-6-18-36)57-53(56-51)39-23-13-29-45-49(39)38-22-8-10-28-44(38)58(45)46-30-14-27-43-50(46)37-21-7-9-24-40(37)54(43)41-25-11-19-33-31-32-34-20-12-26-42(54)48(34)47(33)41/h1-32H. The summed E-state index contributed by atoms with van der Waals surface area (Å²) in [6.07, 6.45) is 0. The van der Waals surface area contributed by atoms with Gasteiger partial charge in [0.05, 0.1) is 22.1 Å². The summed E-state index contributed by atoms with van der Waals surface area (Å²) < 4.78 is 2.48. The number of para-hydroxylation sites is 1. The van der Waals surface area contributed by atoms with E-state index in [9.17, 15) is 0 Å². The SMILES string of the molecule is c1ccc(-c2nc(-c3ccccc3)nc(-c3cccc4c3c3ccccc3n4-c3cccc4c3-c3ccccc3C43c4cccc5ccc6cccc3c6c45)n2)cc1. The summed E-state index contributed by atoms with van der Waals surface area (Å²) in [5.74, 6) is 1.94. The van der Waals surface area contributed by atoms with Crippen LogP contribution in [0.15, 0.2) is 194 Å². The lowest BCUT2D eigenvalue weighted by atomic mass is 9.70. The quantitative estimate of drug-likeness (QED) is 0.169. The van der Waals surface area contributed by atoms with Crippen molar-refractivity contribution in [1.82, 2.24) is 19.5 Å². The first-order valence-electron chi connectivity index (χ1n) is 19.9. The fraction of sp³-hybridized carbons (Fsp3) is 0.0185. The van der Waals surface area contributed by atoms with Crippen LogP contribution in [0.1, 0.15) is 22.3 Å². The van der Waals surface area contributed by atoms with Crippen LogP contribution in [0.2, 0.25) is 0 Å². The lowest BCUT2D eigenvalue weighted by molar-refractivity contribution is 0.796. The van der Waals surface area contributed by atoms with Crippen molar-refractivity contribution in [3.8, 4) is 51.0 Å². The maximum absolute atomic E-state index is 5.20. The van der Waals surface area contributed by atoms with E-state index in [0.717, 1.165) is 44.2 Å².